The second kappa shape index (κ2) is 13.6. The molecule has 0 spiro atoms. The van der Waals surface area contributed by atoms with E-state index in [1.54, 1.807) is 24.4 Å². The molecule has 0 atom stereocenters. The van der Waals surface area contributed by atoms with Crippen LogP contribution in [0.4, 0.5) is 0 Å². The third kappa shape index (κ3) is 5.33. The zero-order valence-corrected chi connectivity index (χ0v) is 36.3. The molecular formula is C58H47N3OS. The molecule has 4 heterocycles. The number of ether oxygens (including phenoxy) is 1. The first kappa shape index (κ1) is 30.3. The quantitative estimate of drug-likeness (QED) is 0.178. The van der Waals surface area contributed by atoms with Gasteiger partial charge in [-0.3, -0.25) is 9.38 Å². The summed E-state index contributed by atoms with van der Waals surface area (Å²) in [5.74, 6) is 0.610. The van der Waals surface area contributed by atoms with Crippen LogP contribution in [-0.2, 0) is 17.2 Å². The van der Waals surface area contributed by atoms with Gasteiger partial charge in [0.05, 0.1) is 26.9 Å². The molecule has 306 valence electrons. The lowest BCUT2D eigenvalue weighted by molar-refractivity contribution is 0.306. The van der Waals surface area contributed by atoms with Gasteiger partial charge in [-0.2, -0.15) is 0 Å². The Labute approximate surface area is 383 Å². The predicted molar refractivity (Wildman–Crippen MR) is 263 cm³/mol. The number of para-hydroxylation sites is 1. The molecule has 3 aromatic heterocycles. The van der Waals surface area contributed by atoms with E-state index in [4.69, 9.17) is 18.8 Å². The van der Waals surface area contributed by atoms with Crippen LogP contribution in [0, 0.1) is 13.7 Å². The van der Waals surface area contributed by atoms with Crippen molar-refractivity contribution in [1.82, 2.24) is 14.4 Å². The van der Waals surface area contributed by atoms with Crippen molar-refractivity contribution >= 4 is 37.5 Å². The molecule has 0 saturated carbocycles. The van der Waals surface area contributed by atoms with Crippen molar-refractivity contribution < 1.29 is 15.7 Å². The molecule has 63 heavy (non-hydrogen) atoms. The number of nitrogens with zero attached hydrogens (tertiary/aromatic N) is 3. The zero-order chi connectivity index (χ0) is 49.7. The lowest BCUT2D eigenvalue weighted by Crippen LogP contribution is -2.39. The second-order valence-corrected chi connectivity index (χ2v) is 18.8. The van der Waals surface area contributed by atoms with Crippen LogP contribution in [-0.4, -0.2) is 14.4 Å². The molecule has 0 bridgehead atoms. The highest BCUT2D eigenvalue weighted by Gasteiger charge is 2.46. The third-order valence-electron chi connectivity index (χ3n) is 14.1. The zero-order valence-electron chi connectivity index (χ0n) is 43.5. The van der Waals surface area contributed by atoms with Crippen molar-refractivity contribution in [2.45, 2.75) is 65.5 Å². The summed E-state index contributed by atoms with van der Waals surface area (Å²) in [6.45, 7) is 4.65. The number of thiazole rings is 1. The average Bonchev–Trinajstić information content (AvgIpc) is 3.86. The van der Waals surface area contributed by atoms with Crippen LogP contribution < -0.4 is 4.74 Å². The second-order valence-electron chi connectivity index (χ2n) is 17.8. The highest BCUT2D eigenvalue weighted by atomic mass is 32.1. The first-order valence-electron chi connectivity index (χ1n) is 25.3. The molecule has 0 radical (unpaired) electrons. The number of pyridine rings is 1. The van der Waals surface area contributed by atoms with E-state index in [0.717, 1.165) is 65.9 Å². The van der Waals surface area contributed by atoms with Gasteiger partial charge in [0.15, 0.2) is 4.96 Å². The van der Waals surface area contributed by atoms with Gasteiger partial charge in [-0.05, 0) is 118 Å². The summed E-state index contributed by atoms with van der Waals surface area (Å²) < 4.78 is 83.5. The number of imidazole rings is 1. The van der Waals surface area contributed by atoms with Gasteiger partial charge in [-0.15, -0.1) is 0 Å². The maximum absolute atomic E-state index is 9.71. The van der Waals surface area contributed by atoms with Gasteiger partial charge in [0.1, 0.15) is 11.5 Å². The Morgan fingerprint density at radius 2 is 1.35 bits per heavy atom. The highest BCUT2D eigenvalue weighted by Crippen LogP contribution is 2.58. The average molecular weight is 842 g/mol. The first-order chi connectivity index (χ1) is 33.6. The van der Waals surface area contributed by atoms with E-state index < -0.39 is 30.9 Å². The molecule has 12 rings (SSSR count). The van der Waals surface area contributed by atoms with Gasteiger partial charge >= 0.3 is 0 Å². The SMILES string of the molecule is [2H]C([2H])([2H])c1ccc2c(c1)Oc1c(cc(-c3c(C([2H])([2H])C)ccc4c3nc3sc5ccccc5n34)c(C([2H])([2H])[2H])c1-c1ccc3c(c1)-c1ccccc1-c1ncccc1-c1ccccc1-3)C(C)(C)C2(C)C. The Bertz CT molecular complexity index is 3890. The fraction of sp³-hybridized carbons (Fsp3) is 0.172. The first-order valence-corrected chi connectivity index (χ1v) is 22.1. The van der Waals surface area contributed by atoms with Crippen molar-refractivity contribution in [3.63, 3.8) is 0 Å². The molecule has 2 aliphatic rings. The van der Waals surface area contributed by atoms with Crippen molar-refractivity contribution in [3.8, 4) is 78.4 Å². The number of hydrogen-bond acceptors (Lipinski definition) is 4. The molecule has 1 aliphatic carbocycles. The minimum atomic E-state index is -2.83. The molecule has 1 aliphatic heterocycles. The van der Waals surface area contributed by atoms with Crippen molar-refractivity contribution in [2.24, 2.45) is 0 Å². The standard InChI is InChI=1S/C58H47N3OS/c1-8-35-25-28-48-54(60-56-61(48)47-21-13-14-22-50(47)63-56)52(35)43-32-46-55(62-49-30-33(2)23-27-45(49)57(4,5)58(46,6)7)51(34(43)3)36-24-26-40-37-16-9-10-17-38(37)42-20-15-29-59-53(42)41-19-12-11-18-39(41)44(40)31-36/h9-32H,8H2,1-7H3/i2D3,3D3,8D2. The Balaban J connectivity index is 1.26. The minimum Gasteiger partial charge on any atom is -0.456 e. The monoisotopic (exact) mass is 841 g/mol. The van der Waals surface area contributed by atoms with Gasteiger partial charge in [0.25, 0.3) is 0 Å². The number of aryl methyl sites for hydroxylation is 2. The van der Waals surface area contributed by atoms with Gasteiger partial charge in [-0.25, -0.2) is 4.98 Å². The lowest BCUT2D eigenvalue weighted by Gasteiger charge is -2.42. The normalized spacial score (nSPS) is 16.9. The topological polar surface area (TPSA) is 39.4 Å². The summed E-state index contributed by atoms with van der Waals surface area (Å²) in [7, 11) is 0. The van der Waals surface area contributed by atoms with Crippen LogP contribution in [0.25, 0.3) is 93.1 Å². The summed E-state index contributed by atoms with van der Waals surface area (Å²) in [6.07, 6.45) is -0.144. The Kier molecular flexibility index (Phi) is 6.53. The van der Waals surface area contributed by atoms with E-state index in [1.165, 1.54) is 18.3 Å². The number of rotatable bonds is 3. The molecule has 0 amide bonds. The number of hydrogen-bond donors (Lipinski definition) is 0. The fourth-order valence-electron chi connectivity index (χ4n) is 10.2. The molecule has 0 fully saturated rings. The van der Waals surface area contributed by atoms with E-state index in [-0.39, 0.29) is 16.9 Å². The van der Waals surface area contributed by atoms with E-state index in [1.807, 2.05) is 78.9 Å². The van der Waals surface area contributed by atoms with Gasteiger partial charge in [0, 0.05) is 61.4 Å². The smallest absolute Gasteiger partial charge is 0.195 e. The van der Waals surface area contributed by atoms with Crippen LogP contribution in [0.2, 0.25) is 0 Å². The third-order valence-corrected chi connectivity index (χ3v) is 15.1. The van der Waals surface area contributed by atoms with E-state index in [9.17, 15) is 6.85 Å². The maximum atomic E-state index is 9.71. The van der Waals surface area contributed by atoms with Gasteiger partial charge in [-0.1, -0.05) is 143 Å². The molecule has 0 N–H and O–H groups in total. The number of fused-ring (bicyclic) bond motifs is 15. The summed E-state index contributed by atoms with van der Waals surface area (Å²) in [5, 5.41) is 0. The Hall–Kier alpha value is -6.82. The summed E-state index contributed by atoms with van der Waals surface area (Å²) in [5.41, 5.74) is 11.3. The summed E-state index contributed by atoms with van der Waals surface area (Å²) in [6, 6.07) is 45.1. The van der Waals surface area contributed by atoms with Crippen LogP contribution in [0.5, 0.6) is 11.5 Å². The van der Waals surface area contributed by atoms with Crippen molar-refractivity contribution in [1.29, 1.82) is 0 Å². The summed E-state index contributed by atoms with van der Waals surface area (Å²) in [4.78, 5) is 10.9. The minimum absolute atomic E-state index is 0.0361. The van der Waals surface area contributed by atoms with Gasteiger partial charge in [0.2, 0.25) is 0 Å². The number of benzene rings is 7. The Morgan fingerprint density at radius 1 is 0.635 bits per heavy atom. The molecule has 4 nitrogen and oxygen atoms in total. The largest absolute Gasteiger partial charge is 0.456 e. The molecule has 0 unspecified atom stereocenters. The van der Waals surface area contributed by atoms with Gasteiger partial charge < -0.3 is 4.74 Å². The molecule has 5 heteroatoms. The predicted octanol–water partition coefficient (Wildman–Crippen LogP) is 16.0. The molecule has 7 aromatic carbocycles. The van der Waals surface area contributed by atoms with Crippen molar-refractivity contribution in [3.05, 3.63) is 174 Å². The van der Waals surface area contributed by atoms with E-state index >= 15 is 0 Å². The fourth-order valence-corrected chi connectivity index (χ4v) is 11.2. The lowest BCUT2D eigenvalue weighted by atomic mass is 9.60. The van der Waals surface area contributed by atoms with Crippen LogP contribution in [0.3, 0.4) is 0 Å². The van der Waals surface area contributed by atoms with E-state index in [0.29, 0.717) is 49.6 Å². The summed E-state index contributed by atoms with van der Waals surface area (Å²) >= 11 is 1.52. The van der Waals surface area contributed by atoms with Crippen LogP contribution in [0.1, 0.15) is 73.4 Å². The van der Waals surface area contributed by atoms with Crippen molar-refractivity contribution in [2.75, 3.05) is 0 Å². The molecular weight excluding hydrogens is 787 g/mol. The maximum Gasteiger partial charge on any atom is 0.195 e. The Morgan fingerprint density at radius 3 is 2.14 bits per heavy atom. The van der Waals surface area contributed by atoms with E-state index in [2.05, 4.69) is 74.6 Å². The molecule has 10 aromatic rings. The molecule has 0 saturated heterocycles. The van der Waals surface area contributed by atoms with Crippen LogP contribution >= 0.6 is 11.3 Å². The van der Waals surface area contributed by atoms with Crippen LogP contribution in [0.15, 0.2) is 146 Å². The highest BCUT2D eigenvalue weighted by molar-refractivity contribution is 7.23. The number of aromatic nitrogens is 3.